The molecule has 48 heavy (non-hydrogen) atoms. The van der Waals surface area contributed by atoms with Crippen molar-refractivity contribution in [2.75, 3.05) is 37.8 Å². The lowest BCUT2D eigenvalue weighted by atomic mass is 10.1. The summed E-state index contributed by atoms with van der Waals surface area (Å²) in [7, 11) is 0. The smallest absolute Gasteiger partial charge is 0.330 e. The van der Waals surface area contributed by atoms with Gasteiger partial charge in [-0.05, 0) is 74.4 Å². The molecule has 0 radical (unpaired) electrons. The molecule has 0 aliphatic rings. The zero-order chi connectivity index (χ0) is 34.0. The number of hydrogen-bond acceptors (Lipinski definition) is 13. The Kier molecular flexibility index (Phi) is 15.1. The SMILES string of the molecule is C=CC(=O)OCCN(CC)c1ccc(N=Nc2nc3sc(N=Nc4ccc(OCCCCCCCCCOC(C)=O)cc4)cc3s2)cc1. The summed E-state index contributed by atoms with van der Waals surface area (Å²) in [6.07, 6.45) is 8.91. The number of nitrogens with zero attached hydrogens (tertiary/aromatic N) is 6. The van der Waals surface area contributed by atoms with Crippen LogP contribution in [0.2, 0.25) is 0 Å². The van der Waals surface area contributed by atoms with Gasteiger partial charge in [-0.25, -0.2) is 9.78 Å². The van der Waals surface area contributed by atoms with Crippen molar-refractivity contribution in [3.8, 4) is 5.75 Å². The average molecular weight is 691 g/mol. The van der Waals surface area contributed by atoms with E-state index in [9.17, 15) is 9.59 Å². The summed E-state index contributed by atoms with van der Waals surface area (Å²) in [5, 5.41) is 18.8. The van der Waals surface area contributed by atoms with Crippen molar-refractivity contribution in [1.29, 1.82) is 0 Å². The predicted molar refractivity (Wildman–Crippen MR) is 192 cm³/mol. The minimum absolute atomic E-state index is 0.203. The minimum Gasteiger partial charge on any atom is -0.494 e. The molecule has 0 saturated carbocycles. The highest BCUT2D eigenvalue weighted by atomic mass is 32.1. The van der Waals surface area contributed by atoms with Crippen molar-refractivity contribution in [3.63, 3.8) is 0 Å². The molecule has 0 fully saturated rings. The third-order valence-corrected chi connectivity index (χ3v) is 9.08. The molecule has 0 N–H and O–H groups in total. The molecule has 2 heterocycles. The van der Waals surface area contributed by atoms with E-state index in [0.29, 0.717) is 31.5 Å². The molecule has 4 aromatic rings. The van der Waals surface area contributed by atoms with Crippen LogP contribution in [0.25, 0.3) is 9.53 Å². The number of benzene rings is 2. The van der Waals surface area contributed by atoms with Gasteiger partial charge in [0.15, 0.2) is 0 Å². The molecule has 4 rings (SSSR count). The first kappa shape index (κ1) is 36.3. The minimum atomic E-state index is -0.422. The van der Waals surface area contributed by atoms with Crippen LogP contribution < -0.4 is 9.64 Å². The number of azo groups is 2. The molecule has 0 bridgehead atoms. The van der Waals surface area contributed by atoms with Gasteiger partial charge < -0.3 is 19.1 Å². The highest BCUT2D eigenvalue weighted by molar-refractivity contribution is 7.30. The number of carbonyl (C=O) groups is 2. The molecular formula is C35H42N6O5S2. The number of unbranched alkanes of at least 4 members (excludes halogenated alkanes) is 6. The van der Waals surface area contributed by atoms with Crippen LogP contribution in [0.5, 0.6) is 5.75 Å². The summed E-state index contributed by atoms with van der Waals surface area (Å²) < 4.78 is 16.9. The molecule has 2 aromatic heterocycles. The van der Waals surface area contributed by atoms with Crippen molar-refractivity contribution in [3.05, 3.63) is 67.3 Å². The standard InChI is InChI=1S/C35H42N6O5S2/c1-4-33(43)46-24-21-41(5-2)29-17-13-27(14-18-29)38-40-35-36-34-31(47-35)25-32(48-34)39-37-28-15-19-30(20-16-28)45-23-12-10-8-6-7-9-11-22-44-26(3)42/h4,13-20,25H,1,5-12,21-24H2,2-3H3. The van der Waals surface area contributed by atoms with Gasteiger partial charge >= 0.3 is 11.9 Å². The molecule has 2 aromatic carbocycles. The number of carbonyl (C=O) groups excluding carboxylic acids is 2. The van der Waals surface area contributed by atoms with Crippen molar-refractivity contribution < 1.29 is 23.8 Å². The number of rotatable bonds is 21. The Labute approximate surface area is 289 Å². The third kappa shape index (κ3) is 12.6. The lowest BCUT2D eigenvalue weighted by molar-refractivity contribution is -0.141. The van der Waals surface area contributed by atoms with Crippen LogP contribution >= 0.6 is 22.7 Å². The lowest BCUT2D eigenvalue weighted by Crippen LogP contribution is -2.27. The fraction of sp³-hybridized carbons (Fsp3) is 0.400. The zero-order valence-corrected chi connectivity index (χ0v) is 29.1. The van der Waals surface area contributed by atoms with E-state index in [4.69, 9.17) is 14.2 Å². The van der Waals surface area contributed by atoms with Gasteiger partial charge in [0.2, 0.25) is 5.13 Å². The number of thiazole rings is 1. The fourth-order valence-electron chi connectivity index (χ4n) is 4.63. The molecule has 0 amide bonds. The molecule has 0 aliphatic carbocycles. The summed E-state index contributed by atoms with van der Waals surface area (Å²) in [5.41, 5.74) is 2.47. The molecule has 11 nitrogen and oxygen atoms in total. The average Bonchev–Trinajstić information content (AvgIpc) is 3.66. The molecule has 0 aliphatic heterocycles. The second kappa shape index (κ2) is 20.0. The lowest BCUT2D eigenvalue weighted by Gasteiger charge is -2.22. The molecular weight excluding hydrogens is 649 g/mol. The Bertz CT molecular complexity index is 1620. The summed E-state index contributed by atoms with van der Waals surface area (Å²) in [5.74, 6) is 0.199. The van der Waals surface area contributed by atoms with Crippen molar-refractivity contribution >= 4 is 71.3 Å². The Hall–Kier alpha value is -4.49. The second-order valence-corrected chi connectivity index (χ2v) is 12.8. The summed E-state index contributed by atoms with van der Waals surface area (Å²) >= 11 is 2.91. The highest BCUT2D eigenvalue weighted by Crippen LogP contribution is 2.39. The van der Waals surface area contributed by atoms with Gasteiger partial charge in [-0.15, -0.1) is 20.5 Å². The van der Waals surface area contributed by atoms with Gasteiger partial charge in [0.1, 0.15) is 22.2 Å². The highest BCUT2D eigenvalue weighted by Gasteiger charge is 2.09. The third-order valence-electron chi connectivity index (χ3n) is 7.15. The van der Waals surface area contributed by atoms with E-state index in [0.717, 1.165) is 75.6 Å². The molecule has 254 valence electrons. The van der Waals surface area contributed by atoms with Crippen LogP contribution in [0.1, 0.15) is 58.8 Å². The van der Waals surface area contributed by atoms with Gasteiger partial charge in [-0.2, -0.15) is 0 Å². The number of anilines is 1. The predicted octanol–water partition coefficient (Wildman–Crippen LogP) is 10.4. The maximum atomic E-state index is 11.3. The van der Waals surface area contributed by atoms with E-state index in [1.807, 2.05) is 61.5 Å². The number of aromatic nitrogens is 1. The van der Waals surface area contributed by atoms with Crippen LogP contribution in [0, 0.1) is 0 Å². The zero-order valence-electron chi connectivity index (χ0n) is 27.5. The van der Waals surface area contributed by atoms with Gasteiger partial charge in [0, 0.05) is 25.2 Å². The Morgan fingerprint density at radius 1 is 0.812 bits per heavy atom. The number of thiophene rings is 1. The number of likely N-dealkylation sites (N-methyl/N-ethyl adjacent to an activating group) is 1. The van der Waals surface area contributed by atoms with Crippen molar-refractivity contribution in [1.82, 2.24) is 4.98 Å². The molecule has 0 spiro atoms. The second-order valence-electron chi connectivity index (χ2n) is 10.8. The number of esters is 2. The van der Waals surface area contributed by atoms with Gasteiger partial charge in [-0.3, -0.25) is 4.79 Å². The Morgan fingerprint density at radius 3 is 2.10 bits per heavy atom. The quantitative estimate of drug-likeness (QED) is 0.0368. The van der Waals surface area contributed by atoms with E-state index in [1.54, 1.807) is 0 Å². The number of hydrogen-bond donors (Lipinski definition) is 0. The summed E-state index contributed by atoms with van der Waals surface area (Å²) in [6, 6.07) is 17.3. The van der Waals surface area contributed by atoms with Gasteiger partial charge in [-0.1, -0.05) is 61.4 Å². The van der Waals surface area contributed by atoms with Gasteiger partial charge in [0.05, 0.1) is 35.8 Å². The number of ether oxygens (including phenoxy) is 3. The van der Waals surface area contributed by atoms with E-state index in [2.05, 4.69) is 36.9 Å². The first-order chi connectivity index (χ1) is 23.4. The van der Waals surface area contributed by atoms with E-state index in [1.165, 1.54) is 48.9 Å². The fourth-order valence-corrected chi connectivity index (χ4v) is 6.48. The normalized spacial score (nSPS) is 11.4. The first-order valence-electron chi connectivity index (χ1n) is 16.2. The molecule has 0 unspecified atom stereocenters. The molecule has 13 heteroatoms. The van der Waals surface area contributed by atoms with Crippen LogP contribution in [-0.4, -0.2) is 49.8 Å². The topological polar surface area (TPSA) is 127 Å². The van der Waals surface area contributed by atoms with Crippen LogP contribution in [0.15, 0.2) is 87.7 Å². The van der Waals surface area contributed by atoms with E-state index in [-0.39, 0.29) is 5.97 Å². The van der Waals surface area contributed by atoms with Crippen LogP contribution in [-0.2, 0) is 19.1 Å². The Balaban J connectivity index is 1.16. The summed E-state index contributed by atoms with van der Waals surface area (Å²) in [6.45, 7) is 9.77. The molecule has 0 saturated heterocycles. The first-order valence-corrected chi connectivity index (χ1v) is 17.8. The van der Waals surface area contributed by atoms with Crippen molar-refractivity contribution in [2.24, 2.45) is 20.5 Å². The van der Waals surface area contributed by atoms with E-state index >= 15 is 0 Å². The summed E-state index contributed by atoms with van der Waals surface area (Å²) in [4.78, 5) is 29.6. The number of fused-ring (bicyclic) bond motifs is 1. The maximum absolute atomic E-state index is 11.3. The van der Waals surface area contributed by atoms with Gasteiger partial charge in [0.25, 0.3) is 0 Å². The monoisotopic (exact) mass is 690 g/mol. The van der Waals surface area contributed by atoms with Crippen LogP contribution in [0.3, 0.4) is 0 Å². The maximum Gasteiger partial charge on any atom is 0.330 e. The largest absolute Gasteiger partial charge is 0.494 e. The van der Waals surface area contributed by atoms with Crippen LogP contribution in [0.4, 0.5) is 27.2 Å². The Morgan fingerprint density at radius 2 is 1.46 bits per heavy atom. The van der Waals surface area contributed by atoms with E-state index < -0.39 is 5.97 Å². The molecule has 0 atom stereocenters. The van der Waals surface area contributed by atoms with Crippen molar-refractivity contribution in [2.45, 2.75) is 58.8 Å².